The van der Waals surface area contributed by atoms with Crippen LogP contribution < -0.4 is 15.5 Å². The van der Waals surface area contributed by atoms with Crippen molar-refractivity contribution in [2.45, 2.75) is 6.61 Å². The molecule has 0 aliphatic carbocycles. The summed E-state index contributed by atoms with van der Waals surface area (Å²) in [6.07, 6.45) is 0. The fourth-order valence-electron chi connectivity index (χ4n) is 2.48. The van der Waals surface area contributed by atoms with Crippen molar-refractivity contribution in [2.75, 3.05) is 29.9 Å². The molecule has 3 amide bonds. The Kier molecular flexibility index (Phi) is 5.08. The van der Waals surface area contributed by atoms with E-state index in [1.54, 1.807) is 17.0 Å². The maximum absolute atomic E-state index is 11.9. The maximum Gasteiger partial charge on any atom is 0.321 e. The fraction of sp³-hybridized carbons (Fsp3) is 0.222. The molecule has 3 rings (SSSR count). The van der Waals surface area contributed by atoms with Crippen LogP contribution in [-0.2, 0) is 16.1 Å². The second kappa shape index (κ2) is 7.61. The van der Waals surface area contributed by atoms with E-state index in [0.29, 0.717) is 25.4 Å². The van der Waals surface area contributed by atoms with Gasteiger partial charge in [-0.05, 0) is 29.8 Å². The lowest BCUT2D eigenvalue weighted by Gasteiger charge is -2.14. The Balaban J connectivity index is 1.47. The van der Waals surface area contributed by atoms with Gasteiger partial charge in [0.1, 0.15) is 6.61 Å². The molecular weight excluding hydrogens is 306 g/mol. The standard InChI is InChI=1S/C18H19N3O3/c22-17(13-24-12-14-4-2-1-3-5-14)20-15-6-8-16(9-7-15)21-11-10-19-18(21)23/h1-9H,10-13H2,(H,19,23)(H,20,22). The molecule has 124 valence electrons. The van der Waals surface area contributed by atoms with Crippen molar-refractivity contribution in [3.63, 3.8) is 0 Å². The highest BCUT2D eigenvalue weighted by Gasteiger charge is 2.20. The smallest absolute Gasteiger partial charge is 0.321 e. The van der Waals surface area contributed by atoms with Gasteiger partial charge in [0.05, 0.1) is 6.61 Å². The average Bonchev–Trinajstić information content (AvgIpc) is 3.03. The molecule has 1 aliphatic heterocycles. The van der Waals surface area contributed by atoms with Gasteiger partial charge in [0.2, 0.25) is 5.91 Å². The van der Waals surface area contributed by atoms with Crippen LogP contribution in [-0.4, -0.2) is 31.6 Å². The summed E-state index contributed by atoms with van der Waals surface area (Å²) in [6, 6.07) is 16.8. The van der Waals surface area contributed by atoms with Crippen molar-refractivity contribution < 1.29 is 14.3 Å². The summed E-state index contributed by atoms with van der Waals surface area (Å²) in [5, 5.41) is 5.53. The predicted molar refractivity (Wildman–Crippen MR) is 91.9 cm³/mol. The largest absolute Gasteiger partial charge is 0.367 e. The number of amides is 3. The summed E-state index contributed by atoms with van der Waals surface area (Å²) in [7, 11) is 0. The fourth-order valence-corrected chi connectivity index (χ4v) is 2.48. The van der Waals surface area contributed by atoms with Crippen LogP contribution in [0.15, 0.2) is 54.6 Å². The molecule has 24 heavy (non-hydrogen) atoms. The Morgan fingerprint density at radius 1 is 1.12 bits per heavy atom. The Hall–Kier alpha value is -2.86. The van der Waals surface area contributed by atoms with Crippen molar-refractivity contribution in [1.82, 2.24) is 5.32 Å². The molecule has 0 aromatic heterocycles. The third-order valence-electron chi connectivity index (χ3n) is 3.66. The van der Waals surface area contributed by atoms with Gasteiger partial charge in [-0.3, -0.25) is 9.69 Å². The number of nitrogens with one attached hydrogen (secondary N) is 2. The average molecular weight is 325 g/mol. The van der Waals surface area contributed by atoms with Crippen LogP contribution in [0.25, 0.3) is 0 Å². The highest BCUT2D eigenvalue weighted by molar-refractivity contribution is 5.95. The lowest BCUT2D eigenvalue weighted by atomic mass is 10.2. The van der Waals surface area contributed by atoms with E-state index in [1.165, 1.54) is 0 Å². The highest BCUT2D eigenvalue weighted by Crippen LogP contribution is 2.19. The van der Waals surface area contributed by atoms with Gasteiger partial charge in [0, 0.05) is 24.5 Å². The molecule has 0 bridgehead atoms. The summed E-state index contributed by atoms with van der Waals surface area (Å²) in [5.74, 6) is -0.211. The van der Waals surface area contributed by atoms with Crippen LogP contribution in [0, 0.1) is 0 Å². The van der Waals surface area contributed by atoms with Crippen LogP contribution in [0.3, 0.4) is 0 Å². The third kappa shape index (κ3) is 4.11. The van der Waals surface area contributed by atoms with Crippen LogP contribution in [0.1, 0.15) is 5.56 Å². The van der Waals surface area contributed by atoms with Crippen molar-refractivity contribution in [1.29, 1.82) is 0 Å². The van der Waals surface area contributed by atoms with Gasteiger partial charge in [0.15, 0.2) is 0 Å². The molecule has 6 heteroatoms. The van der Waals surface area contributed by atoms with Crippen LogP contribution >= 0.6 is 0 Å². The molecule has 1 heterocycles. The number of anilines is 2. The van der Waals surface area contributed by atoms with Crippen molar-refractivity contribution in [3.8, 4) is 0 Å². The molecule has 0 saturated carbocycles. The number of carbonyl (C=O) groups is 2. The van der Waals surface area contributed by atoms with Crippen LogP contribution in [0.5, 0.6) is 0 Å². The second-order valence-electron chi connectivity index (χ2n) is 5.46. The summed E-state index contributed by atoms with van der Waals surface area (Å²) in [4.78, 5) is 25.1. The van der Waals surface area contributed by atoms with E-state index >= 15 is 0 Å². The summed E-state index contributed by atoms with van der Waals surface area (Å²) < 4.78 is 5.40. The number of hydrogen-bond donors (Lipinski definition) is 2. The van der Waals surface area contributed by atoms with Crippen molar-refractivity contribution in [3.05, 3.63) is 60.2 Å². The SMILES string of the molecule is O=C(COCc1ccccc1)Nc1ccc(N2CCNC2=O)cc1. The van der Waals surface area contributed by atoms with E-state index < -0.39 is 0 Å². The number of hydrogen-bond acceptors (Lipinski definition) is 3. The molecular formula is C18H19N3O3. The molecule has 1 fully saturated rings. The van der Waals surface area contributed by atoms with Gasteiger partial charge >= 0.3 is 6.03 Å². The molecule has 0 spiro atoms. The van der Waals surface area contributed by atoms with Crippen LogP contribution in [0.2, 0.25) is 0 Å². The van der Waals surface area contributed by atoms with E-state index in [1.807, 2.05) is 42.5 Å². The molecule has 0 radical (unpaired) electrons. The zero-order valence-electron chi connectivity index (χ0n) is 13.2. The van der Waals surface area contributed by atoms with E-state index in [2.05, 4.69) is 10.6 Å². The number of carbonyl (C=O) groups excluding carboxylic acids is 2. The molecule has 0 atom stereocenters. The van der Waals surface area contributed by atoms with Crippen molar-refractivity contribution in [2.24, 2.45) is 0 Å². The Morgan fingerprint density at radius 3 is 2.54 bits per heavy atom. The minimum absolute atomic E-state index is 0.00875. The molecule has 2 aromatic carbocycles. The lowest BCUT2D eigenvalue weighted by molar-refractivity contribution is -0.121. The molecule has 6 nitrogen and oxygen atoms in total. The highest BCUT2D eigenvalue weighted by atomic mass is 16.5. The Morgan fingerprint density at radius 2 is 1.88 bits per heavy atom. The van der Waals surface area contributed by atoms with E-state index in [9.17, 15) is 9.59 Å². The third-order valence-corrected chi connectivity index (χ3v) is 3.66. The van der Waals surface area contributed by atoms with Gasteiger partial charge in [0.25, 0.3) is 0 Å². The first kappa shape index (κ1) is 16.0. The number of rotatable bonds is 6. The number of benzene rings is 2. The van der Waals surface area contributed by atoms with Gasteiger partial charge in [-0.25, -0.2) is 4.79 Å². The zero-order chi connectivity index (χ0) is 16.8. The van der Waals surface area contributed by atoms with E-state index in [-0.39, 0.29) is 18.5 Å². The normalized spacial score (nSPS) is 13.7. The summed E-state index contributed by atoms with van der Waals surface area (Å²) >= 11 is 0. The van der Waals surface area contributed by atoms with E-state index in [4.69, 9.17) is 4.74 Å². The van der Waals surface area contributed by atoms with Gasteiger partial charge < -0.3 is 15.4 Å². The van der Waals surface area contributed by atoms with Gasteiger partial charge in [-0.15, -0.1) is 0 Å². The van der Waals surface area contributed by atoms with Crippen molar-refractivity contribution >= 4 is 23.3 Å². The van der Waals surface area contributed by atoms with E-state index in [0.717, 1.165) is 11.3 Å². The Labute approximate surface area is 140 Å². The predicted octanol–water partition coefficient (Wildman–Crippen LogP) is 2.37. The first-order chi connectivity index (χ1) is 11.7. The van der Waals surface area contributed by atoms with Crippen LogP contribution in [0.4, 0.5) is 16.2 Å². The first-order valence-electron chi connectivity index (χ1n) is 7.79. The minimum Gasteiger partial charge on any atom is -0.367 e. The summed E-state index contributed by atoms with van der Waals surface area (Å²) in [5.41, 5.74) is 2.51. The maximum atomic E-state index is 11.9. The number of urea groups is 1. The van der Waals surface area contributed by atoms with Gasteiger partial charge in [-0.2, -0.15) is 0 Å². The summed E-state index contributed by atoms with van der Waals surface area (Å²) in [6.45, 7) is 1.69. The second-order valence-corrected chi connectivity index (χ2v) is 5.46. The number of ether oxygens (including phenoxy) is 1. The quantitative estimate of drug-likeness (QED) is 0.856. The molecule has 1 saturated heterocycles. The molecule has 2 aromatic rings. The minimum atomic E-state index is -0.211. The topological polar surface area (TPSA) is 70.7 Å². The molecule has 0 unspecified atom stereocenters. The Bertz CT molecular complexity index is 701. The first-order valence-corrected chi connectivity index (χ1v) is 7.79. The lowest BCUT2D eigenvalue weighted by Crippen LogP contribution is -2.27. The molecule has 1 aliphatic rings. The molecule has 2 N–H and O–H groups in total. The number of nitrogens with zero attached hydrogens (tertiary/aromatic N) is 1. The monoisotopic (exact) mass is 325 g/mol. The van der Waals surface area contributed by atoms with Gasteiger partial charge in [-0.1, -0.05) is 30.3 Å². The zero-order valence-corrected chi connectivity index (χ0v) is 13.2.